The van der Waals surface area contributed by atoms with Gasteiger partial charge in [0.2, 0.25) is 0 Å². The predicted octanol–water partition coefficient (Wildman–Crippen LogP) is 9.11. The average molecular weight is 763 g/mol. The van der Waals surface area contributed by atoms with Crippen molar-refractivity contribution in [1.29, 1.82) is 0 Å². The highest BCUT2D eigenvalue weighted by Gasteiger charge is 2.23. The van der Waals surface area contributed by atoms with Crippen molar-refractivity contribution in [2.75, 3.05) is 43.9 Å². The molecule has 4 N–H and O–H groups in total. The lowest BCUT2D eigenvalue weighted by atomic mass is 9.92. The van der Waals surface area contributed by atoms with Crippen LogP contribution >= 0.6 is 39.1 Å². The number of esters is 2. The Labute approximate surface area is 303 Å². The van der Waals surface area contributed by atoms with Crippen molar-refractivity contribution >= 4 is 68.1 Å². The summed E-state index contributed by atoms with van der Waals surface area (Å²) in [6.07, 6.45) is 7.96. The van der Waals surface area contributed by atoms with E-state index >= 15 is 0 Å². The van der Waals surface area contributed by atoms with Crippen LogP contribution in [0.2, 0.25) is 10.0 Å². The van der Waals surface area contributed by atoms with Crippen molar-refractivity contribution < 1.29 is 19.1 Å². The van der Waals surface area contributed by atoms with E-state index in [4.69, 9.17) is 38.4 Å². The average Bonchev–Trinajstić information content (AvgIpc) is 3.07. The summed E-state index contributed by atoms with van der Waals surface area (Å²) >= 11 is 16.2. The molecule has 1 atom stereocenters. The zero-order valence-corrected chi connectivity index (χ0v) is 30.9. The molecule has 3 aromatic rings. The number of carbonyl (C=O) groups is 2. The van der Waals surface area contributed by atoms with Crippen molar-refractivity contribution in [2.45, 2.75) is 77.3 Å². The number of benzene rings is 3. The quantitative estimate of drug-likeness (QED) is 0.0925. The lowest BCUT2D eigenvalue weighted by Crippen LogP contribution is -2.34. The van der Waals surface area contributed by atoms with Gasteiger partial charge in [-0.05, 0) is 89.6 Å². The summed E-state index contributed by atoms with van der Waals surface area (Å²) in [5.74, 6) is -0.733. The second kappa shape index (κ2) is 19.4. The van der Waals surface area contributed by atoms with Gasteiger partial charge < -0.3 is 25.8 Å². The van der Waals surface area contributed by atoms with Gasteiger partial charge in [-0.1, -0.05) is 80.6 Å². The molecule has 1 saturated carbocycles. The number of nitrogens with two attached hydrogens (primary N) is 1. The molecule has 3 aromatic carbocycles. The molecular weight excluding hydrogens is 715 g/mol. The van der Waals surface area contributed by atoms with E-state index in [1.807, 2.05) is 30.3 Å². The van der Waals surface area contributed by atoms with Crippen molar-refractivity contribution in [3.05, 3.63) is 85.8 Å². The van der Waals surface area contributed by atoms with Gasteiger partial charge >= 0.3 is 11.9 Å². The molecule has 0 aromatic heterocycles. The Morgan fingerprint density at radius 2 is 1.65 bits per heavy atom. The molecule has 1 unspecified atom stereocenters. The van der Waals surface area contributed by atoms with Gasteiger partial charge in [-0.25, -0.2) is 4.79 Å². The molecule has 4 rings (SSSR count). The van der Waals surface area contributed by atoms with Gasteiger partial charge in [-0.2, -0.15) is 0 Å². The largest absolute Gasteiger partial charge is 0.464 e. The summed E-state index contributed by atoms with van der Waals surface area (Å²) in [5.41, 5.74) is 10.6. The standard InChI is InChI=1S/C37H47BrCl2N4O4/c1-3-17-44(18-20-47-34(45)24-25-11-8-9-16-33(25)43-36-30(39)14-10-15-31(36)40)19-21-48-37(46)26-22-28(35(41)29(38)23-26)32(4-2)42-27-12-6-5-7-13-27/h8-11,14-16,22-23,27,32,42-43H,3-7,12-13,17-21,24,41H2,1-2H3. The number of nitrogens with zero attached hydrogens (tertiary/aromatic N) is 1. The van der Waals surface area contributed by atoms with Crippen LogP contribution < -0.4 is 16.4 Å². The Balaban J connectivity index is 1.27. The fourth-order valence-corrected chi connectivity index (χ4v) is 7.04. The maximum atomic E-state index is 13.1. The number of hydrogen-bond donors (Lipinski definition) is 3. The minimum absolute atomic E-state index is 0.0607. The van der Waals surface area contributed by atoms with Gasteiger partial charge in [0.15, 0.2) is 0 Å². The highest BCUT2D eigenvalue weighted by Crippen LogP contribution is 2.35. The highest BCUT2D eigenvalue weighted by molar-refractivity contribution is 9.10. The van der Waals surface area contributed by atoms with Crippen LogP contribution in [0.25, 0.3) is 0 Å². The lowest BCUT2D eigenvalue weighted by Gasteiger charge is -2.29. The number of rotatable bonds is 17. The summed E-state index contributed by atoms with van der Waals surface area (Å²) in [4.78, 5) is 28.1. The molecule has 8 nitrogen and oxygen atoms in total. The van der Waals surface area contributed by atoms with Crippen LogP contribution in [0, 0.1) is 0 Å². The zero-order valence-electron chi connectivity index (χ0n) is 27.8. The van der Waals surface area contributed by atoms with Crippen LogP contribution in [0.4, 0.5) is 17.1 Å². The number of para-hydroxylation sites is 2. The van der Waals surface area contributed by atoms with E-state index in [0.29, 0.717) is 50.6 Å². The van der Waals surface area contributed by atoms with E-state index in [1.54, 1.807) is 24.3 Å². The smallest absolute Gasteiger partial charge is 0.338 e. The van der Waals surface area contributed by atoms with Gasteiger partial charge in [-0.15, -0.1) is 0 Å². The minimum atomic E-state index is -0.391. The number of nitrogens with one attached hydrogen (secondary N) is 2. The molecule has 0 heterocycles. The highest BCUT2D eigenvalue weighted by atomic mass is 79.9. The first-order valence-electron chi connectivity index (χ1n) is 16.9. The lowest BCUT2D eigenvalue weighted by molar-refractivity contribution is -0.143. The summed E-state index contributed by atoms with van der Waals surface area (Å²) in [7, 11) is 0. The minimum Gasteiger partial charge on any atom is -0.464 e. The molecule has 0 radical (unpaired) electrons. The Morgan fingerprint density at radius 1 is 0.958 bits per heavy atom. The normalized spacial score (nSPS) is 14.1. The molecule has 11 heteroatoms. The molecule has 0 amide bonds. The van der Waals surface area contributed by atoms with E-state index in [0.717, 1.165) is 36.2 Å². The fourth-order valence-electron chi connectivity index (χ4n) is 6.07. The molecule has 0 spiro atoms. The molecule has 1 aliphatic rings. The number of anilines is 3. The van der Waals surface area contributed by atoms with E-state index in [1.165, 1.54) is 32.1 Å². The Hall–Kier alpha value is -2.82. The zero-order chi connectivity index (χ0) is 34.5. The molecule has 1 aliphatic carbocycles. The number of carbonyl (C=O) groups excluding carboxylic acids is 2. The molecule has 48 heavy (non-hydrogen) atoms. The van der Waals surface area contributed by atoms with Crippen LogP contribution in [0.15, 0.2) is 59.1 Å². The fraction of sp³-hybridized carbons (Fsp3) is 0.459. The van der Waals surface area contributed by atoms with Crippen LogP contribution in [0.1, 0.15) is 86.3 Å². The molecule has 0 aliphatic heterocycles. The van der Waals surface area contributed by atoms with Gasteiger partial charge in [0.05, 0.1) is 33.4 Å². The van der Waals surface area contributed by atoms with Gasteiger partial charge in [0, 0.05) is 35.3 Å². The van der Waals surface area contributed by atoms with E-state index in [2.05, 4.69) is 45.3 Å². The topological polar surface area (TPSA) is 106 Å². The summed E-state index contributed by atoms with van der Waals surface area (Å²) in [6.45, 7) is 6.47. The molecule has 0 bridgehead atoms. The van der Waals surface area contributed by atoms with Crippen LogP contribution in [-0.2, 0) is 20.7 Å². The third-order valence-electron chi connectivity index (χ3n) is 8.65. The van der Waals surface area contributed by atoms with Gasteiger partial charge in [0.1, 0.15) is 13.2 Å². The van der Waals surface area contributed by atoms with Crippen LogP contribution in [-0.4, -0.2) is 55.7 Å². The first-order chi connectivity index (χ1) is 23.2. The van der Waals surface area contributed by atoms with Crippen molar-refractivity contribution in [3.63, 3.8) is 0 Å². The van der Waals surface area contributed by atoms with Gasteiger partial charge in [-0.3, -0.25) is 9.69 Å². The first kappa shape index (κ1) is 38.0. The number of ether oxygens (including phenoxy) is 2. The van der Waals surface area contributed by atoms with E-state index in [-0.39, 0.29) is 31.6 Å². The Kier molecular flexibility index (Phi) is 15.3. The van der Waals surface area contributed by atoms with Crippen molar-refractivity contribution in [1.82, 2.24) is 10.2 Å². The second-order valence-corrected chi connectivity index (χ2v) is 13.8. The maximum Gasteiger partial charge on any atom is 0.338 e. The third-order valence-corrected chi connectivity index (χ3v) is 9.93. The van der Waals surface area contributed by atoms with Crippen LogP contribution in [0.5, 0.6) is 0 Å². The number of halogens is 3. The van der Waals surface area contributed by atoms with E-state index in [9.17, 15) is 9.59 Å². The SMILES string of the molecule is CCCN(CCOC(=O)Cc1ccccc1Nc1c(Cl)cccc1Cl)CCOC(=O)c1cc(Br)c(N)c(C(CC)NC2CCCCC2)c1. The number of nitrogen functional groups attached to an aromatic ring is 1. The molecule has 1 fully saturated rings. The summed E-state index contributed by atoms with van der Waals surface area (Å²) in [6, 6.07) is 16.9. The van der Waals surface area contributed by atoms with Crippen molar-refractivity contribution in [2.24, 2.45) is 0 Å². The number of hydrogen-bond acceptors (Lipinski definition) is 8. The summed E-state index contributed by atoms with van der Waals surface area (Å²) in [5, 5.41) is 8.00. The molecule has 0 saturated heterocycles. The Morgan fingerprint density at radius 3 is 2.33 bits per heavy atom. The summed E-state index contributed by atoms with van der Waals surface area (Å²) < 4.78 is 12.0. The predicted molar refractivity (Wildman–Crippen MR) is 199 cm³/mol. The maximum absolute atomic E-state index is 13.1. The Bertz CT molecular complexity index is 1500. The van der Waals surface area contributed by atoms with Gasteiger partial charge in [0.25, 0.3) is 0 Å². The van der Waals surface area contributed by atoms with Crippen LogP contribution in [0.3, 0.4) is 0 Å². The second-order valence-electron chi connectivity index (χ2n) is 12.2. The first-order valence-corrected chi connectivity index (χ1v) is 18.4. The molecule has 260 valence electrons. The van der Waals surface area contributed by atoms with Crippen molar-refractivity contribution in [3.8, 4) is 0 Å². The monoisotopic (exact) mass is 760 g/mol. The molecular formula is C37H47BrCl2N4O4. The van der Waals surface area contributed by atoms with E-state index < -0.39 is 5.97 Å². The third kappa shape index (κ3) is 11.1.